The number of para-hydroxylation sites is 1. The number of hydrogen-bond donors (Lipinski definition) is 1. The highest BCUT2D eigenvalue weighted by molar-refractivity contribution is 6.12. The Morgan fingerprint density at radius 2 is 1.97 bits per heavy atom. The zero-order chi connectivity index (χ0) is 23.9. The summed E-state index contributed by atoms with van der Waals surface area (Å²) in [6, 6.07) is 14.6. The van der Waals surface area contributed by atoms with Crippen LogP contribution in [-0.2, 0) is 19.8 Å². The van der Waals surface area contributed by atoms with Crippen molar-refractivity contribution in [2.24, 2.45) is 0 Å². The minimum Gasteiger partial charge on any atom is -0.494 e. The van der Waals surface area contributed by atoms with Crippen LogP contribution in [0, 0.1) is 0 Å². The zero-order valence-electron chi connectivity index (χ0n) is 19.3. The molecule has 3 aliphatic heterocycles. The summed E-state index contributed by atoms with van der Waals surface area (Å²) in [5, 5.41) is 9.45. The van der Waals surface area contributed by atoms with Gasteiger partial charge >= 0.3 is 0 Å². The number of likely N-dealkylation sites (N-methyl/N-ethyl adjacent to an activating group) is 1. The van der Waals surface area contributed by atoms with Crippen LogP contribution < -0.4 is 9.64 Å². The lowest BCUT2D eigenvalue weighted by atomic mass is 9.72. The van der Waals surface area contributed by atoms with Gasteiger partial charge in [-0.15, -0.1) is 0 Å². The van der Waals surface area contributed by atoms with Crippen LogP contribution in [0.3, 0.4) is 0 Å². The number of anilines is 1. The molecule has 178 valence electrons. The Morgan fingerprint density at radius 3 is 2.79 bits per heavy atom. The van der Waals surface area contributed by atoms with Crippen molar-refractivity contribution in [1.29, 1.82) is 0 Å². The molecule has 1 fully saturated rings. The van der Waals surface area contributed by atoms with E-state index in [0.717, 1.165) is 16.8 Å². The molecule has 1 N–H and O–H groups in total. The number of nitrogens with zero attached hydrogens (tertiary/aromatic N) is 3. The molecule has 0 radical (unpaired) electrons. The van der Waals surface area contributed by atoms with Crippen molar-refractivity contribution >= 4 is 23.4 Å². The fourth-order valence-corrected chi connectivity index (χ4v) is 5.66. The molecule has 0 aliphatic carbocycles. The number of aliphatic hydroxyl groups is 1. The molecular formula is C26H29N3O5. The van der Waals surface area contributed by atoms with Gasteiger partial charge < -0.3 is 24.5 Å². The van der Waals surface area contributed by atoms with Crippen LogP contribution in [0.15, 0.2) is 48.5 Å². The Morgan fingerprint density at radius 1 is 1.15 bits per heavy atom. The van der Waals surface area contributed by atoms with Crippen LogP contribution in [-0.4, -0.2) is 72.5 Å². The minimum absolute atomic E-state index is 0.00833. The Kier molecular flexibility index (Phi) is 5.77. The third kappa shape index (κ3) is 3.44. The smallest absolute Gasteiger partial charge is 0.242 e. The molecule has 3 aliphatic rings. The molecule has 3 amide bonds. The second-order valence-corrected chi connectivity index (χ2v) is 9.18. The van der Waals surface area contributed by atoms with E-state index in [-0.39, 0.29) is 37.3 Å². The maximum Gasteiger partial charge on any atom is 0.242 e. The van der Waals surface area contributed by atoms with E-state index in [4.69, 9.17) is 4.74 Å². The lowest BCUT2D eigenvalue weighted by molar-refractivity contribution is -0.135. The average molecular weight is 464 g/mol. The van der Waals surface area contributed by atoms with E-state index in [1.54, 1.807) is 21.7 Å². The van der Waals surface area contributed by atoms with Crippen molar-refractivity contribution in [2.75, 3.05) is 44.8 Å². The standard InChI is InChI=1S/C26H29N3O5/c1-27-12-5-15-34-19-7-4-6-18(16-19)24-26(11-13-28(24)22(31)10-14-30)20-8-2-3-9-21(20)29(25(26)33)17-23(27)32/h2-4,6-9,16,24,30H,5,10-15,17H2,1H3/t24-,26+/m0/s1. The average Bonchev–Trinajstić information content (AvgIpc) is 3.35. The SMILES string of the molecule is CN1CCCOc2cccc(c2)[C@@H]2N(C(=O)CCO)CC[C@]23C(=O)N(CC1=O)c1ccccc13. The number of carbonyl (C=O) groups excluding carboxylic acids is 3. The summed E-state index contributed by atoms with van der Waals surface area (Å²) >= 11 is 0. The first-order valence-electron chi connectivity index (χ1n) is 11.8. The molecular weight excluding hydrogens is 434 g/mol. The summed E-state index contributed by atoms with van der Waals surface area (Å²) in [7, 11) is 1.74. The van der Waals surface area contributed by atoms with Gasteiger partial charge in [0.25, 0.3) is 0 Å². The highest BCUT2D eigenvalue weighted by Gasteiger charge is 2.61. The number of rotatable bonds is 2. The first-order chi connectivity index (χ1) is 16.5. The van der Waals surface area contributed by atoms with E-state index in [9.17, 15) is 19.5 Å². The maximum atomic E-state index is 14.2. The Labute approximate surface area is 198 Å². The number of amides is 3. The number of fused-ring (bicyclic) bond motifs is 6. The molecule has 8 heteroatoms. The van der Waals surface area contributed by atoms with Gasteiger partial charge in [0.1, 0.15) is 17.7 Å². The summed E-state index contributed by atoms with van der Waals surface area (Å²) in [4.78, 5) is 45.3. The van der Waals surface area contributed by atoms with Gasteiger partial charge in [-0.05, 0) is 42.2 Å². The van der Waals surface area contributed by atoms with Crippen molar-refractivity contribution in [2.45, 2.75) is 30.7 Å². The summed E-state index contributed by atoms with van der Waals surface area (Å²) in [6.45, 7) is 1.06. The number of benzene rings is 2. The number of hydrogen-bond acceptors (Lipinski definition) is 5. The van der Waals surface area contributed by atoms with Crippen LogP contribution in [0.2, 0.25) is 0 Å². The van der Waals surface area contributed by atoms with Gasteiger partial charge in [-0.3, -0.25) is 14.4 Å². The van der Waals surface area contributed by atoms with Crippen molar-refractivity contribution in [3.05, 3.63) is 59.7 Å². The lowest BCUT2D eigenvalue weighted by Gasteiger charge is -2.35. The molecule has 5 rings (SSSR count). The fourth-order valence-electron chi connectivity index (χ4n) is 5.66. The molecule has 2 atom stereocenters. The molecule has 4 bridgehead atoms. The van der Waals surface area contributed by atoms with Gasteiger partial charge in [-0.25, -0.2) is 0 Å². The summed E-state index contributed by atoms with van der Waals surface area (Å²) < 4.78 is 5.96. The van der Waals surface area contributed by atoms with E-state index in [1.165, 1.54) is 0 Å². The topological polar surface area (TPSA) is 90.4 Å². The highest BCUT2D eigenvalue weighted by atomic mass is 16.5. The molecule has 3 heterocycles. The molecule has 0 saturated carbocycles. The fraction of sp³-hybridized carbons (Fsp3) is 0.423. The number of carbonyl (C=O) groups is 3. The summed E-state index contributed by atoms with van der Waals surface area (Å²) in [6.07, 6.45) is 1.09. The highest BCUT2D eigenvalue weighted by Crippen LogP contribution is 2.56. The normalized spacial score (nSPS) is 24.4. The lowest BCUT2D eigenvalue weighted by Crippen LogP contribution is -2.48. The van der Waals surface area contributed by atoms with Crippen LogP contribution in [0.5, 0.6) is 5.75 Å². The molecule has 0 unspecified atom stereocenters. The first kappa shape index (κ1) is 22.4. The van der Waals surface area contributed by atoms with Crippen molar-refractivity contribution in [3.63, 3.8) is 0 Å². The Hall–Kier alpha value is -3.39. The molecule has 2 aromatic rings. The third-order valence-corrected chi connectivity index (χ3v) is 7.27. The summed E-state index contributed by atoms with van der Waals surface area (Å²) in [5.74, 6) is 0.161. The maximum absolute atomic E-state index is 14.2. The predicted molar refractivity (Wildman–Crippen MR) is 125 cm³/mol. The van der Waals surface area contributed by atoms with Crippen LogP contribution in [0.1, 0.15) is 36.4 Å². The zero-order valence-corrected chi connectivity index (χ0v) is 19.3. The second kappa shape index (κ2) is 8.76. The largest absolute Gasteiger partial charge is 0.494 e. The molecule has 1 saturated heterocycles. The molecule has 1 spiro atoms. The van der Waals surface area contributed by atoms with Crippen LogP contribution in [0.4, 0.5) is 5.69 Å². The monoisotopic (exact) mass is 463 g/mol. The predicted octanol–water partition coefficient (Wildman–Crippen LogP) is 1.87. The minimum atomic E-state index is -1.01. The van der Waals surface area contributed by atoms with E-state index in [1.807, 2.05) is 48.5 Å². The number of likely N-dealkylation sites (tertiary alicyclic amines) is 1. The van der Waals surface area contributed by atoms with Gasteiger partial charge in [0.15, 0.2) is 0 Å². The molecule has 0 aromatic heterocycles. The van der Waals surface area contributed by atoms with Crippen LogP contribution >= 0.6 is 0 Å². The first-order valence-corrected chi connectivity index (χ1v) is 11.8. The molecule has 34 heavy (non-hydrogen) atoms. The van der Waals surface area contributed by atoms with E-state index >= 15 is 0 Å². The Bertz CT molecular complexity index is 1130. The molecule has 8 nitrogen and oxygen atoms in total. The van der Waals surface area contributed by atoms with Crippen molar-refractivity contribution in [1.82, 2.24) is 9.80 Å². The van der Waals surface area contributed by atoms with E-state index < -0.39 is 11.5 Å². The van der Waals surface area contributed by atoms with Crippen molar-refractivity contribution in [3.8, 4) is 5.75 Å². The summed E-state index contributed by atoms with van der Waals surface area (Å²) in [5.41, 5.74) is 1.36. The van der Waals surface area contributed by atoms with Gasteiger partial charge in [0.05, 0.1) is 19.3 Å². The second-order valence-electron chi connectivity index (χ2n) is 9.18. The third-order valence-electron chi connectivity index (χ3n) is 7.27. The van der Waals surface area contributed by atoms with Crippen molar-refractivity contribution < 1.29 is 24.2 Å². The Balaban J connectivity index is 1.71. The van der Waals surface area contributed by atoms with Crippen LogP contribution in [0.25, 0.3) is 0 Å². The van der Waals surface area contributed by atoms with E-state index in [2.05, 4.69) is 0 Å². The van der Waals surface area contributed by atoms with Gasteiger partial charge in [-0.1, -0.05) is 30.3 Å². The number of ether oxygens (including phenoxy) is 1. The van der Waals surface area contributed by atoms with E-state index in [0.29, 0.717) is 38.3 Å². The van der Waals surface area contributed by atoms with Gasteiger partial charge in [-0.2, -0.15) is 0 Å². The van der Waals surface area contributed by atoms with Gasteiger partial charge in [0.2, 0.25) is 17.7 Å². The quantitative estimate of drug-likeness (QED) is 0.735. The molecule has 2 aromatic carbocycles. The van der Waals surface area contributed by atoms with Gasteiger partial charge in [0, 0.05) is 32.2 Å². The number of aliphatic hydroxyl groups excluding tert-OH is 1.